The van der Waals surface area contributed by atoms with Gasteiger partial charge in [0.2, 0.25) is 0 Å². The van der Waals surface area contributed by atoms with Crippen LogP contribution in [0, 0.1) is 0 Å². The summed E-state index contributed by atoms with van der Waals surface area (Å²) in [7, 11) is -2.84. The maximum absolute atomic E-state index is 11.3. The first kappa shape index (κ1) is 12.3. The second-order valence-electron chi connectivity index (χ2n) is 4.15. The van der Waals surface area contributed by atoms with Gasteiger partial charge in [-0.25, -0.2) is 18.2 Å². The summed E-state index contributed by atoms with van der Waals surface area (Å²) in [5, 5.41) is 3.15. The average Bonchev–Trinajstić information content (AvgIpc) is 2.61. The van der Waals surface area contributed by atoms with Crippen molar-refractivity contribution < 1.29 is 8.42 Å². The van der Waals surface area contributed by atoms with Crippen LogP contribution >= 0.6 is 0 Å². The molecule has 1 aliphatic heterocycles. The predicted molar refractivity (Wildman–Crippen MR) is 63.6 cm³/mol. The second kappa shape index (κ2) is 4.97. The Labute approximate surface area is 99.6 Å². The molecule has 2 rings (SSSR count). The first-order valence-corrected chi connectivity index (χ1v) is 7.34. The van der Waals surface area contributed by atoms with Gasteiger partial charge in [0.15, 0.2) is 9.84 Å². The highest BCUT2D eigenvalue weighted by Crippen LogP contribution is 2.10. The smallest absolute Gasteiger partial charge is 0.311 e. The predicted octanol–water partition coefficient (Wildman–Crippen LogP) is -0.980. The molecule has 1 unspecified atom stereocenters. The summed E-state index contributed by atoms with van der Waals surface area (Å²) in [5.74, 6) is 0.465. The molecular formula is C10H15N3O3S. The van der Waals surface area contributed by atoms with Crippen LogP contribution in [0.5, 0.6) is 0 Å². The summed E-state index contributed by atoms with van der Waals surface area (Å²) in [5.41, 5.74) is -0.284. The SMILES string of the molecule is O=c1ncccn1CCNC1CCS(=O)(=O)C1. The lowest BCUT2D eigenvalue weighted by atomic mass is 10.2. The molecule has 1 aromatic rings. The van der Waals surface area contributed by atoms with E-state index in [-0.39, 0.29) is 23.2 Å². The summed E-state index contributed by atoms with van der Waals surface area (Å²) >= 11 is 0. The minimum absolute atomic E-state index is 0.0207. The zero-order valence-corrected chi connectivity index (χ0v) is 10.2. The largest absolute Gasteiger partial charge is 0.347 e. The number of rotatable bonds is 4. The first-order chi connectivity index (χ1) is 8.07. The molecule has 1 atom stereocenters. The number of sulfone groups is 1. The van der Waals surface area contributed by atoms with Crippen LogP contribution in [0.15, 0.2) is 23.3 Å². The van der Waals surface area contributed by atoms with E-state index < -0.39 is 9.84 Å². The van der Waals surface area contributed by atoms with Crippen molar-refractivity contribution in [2.45, 2.75) is 19.0 Å². The minimum atomic E-state index is -2.84. The van der Waals surface area contributed by atoms with Crippen molar-refractivity contribution in [3.8, 4) is 0 Å². The van der Waals surface area contributed by atoms with Gasteiger partial charge in [-0.2, -0.15) is 0 Å². The molecule has 0 aliphatic carbocycles. The van der Waals surface area contributed by atoms with E-state index >= 15 is 0 Å². The van der Waals surface area contributed by atoms with Crippen molar-refractivity contribution in [3.05, 3.63) is 28.9 Å². The Balaban J connectivity index is 1.81. The molecule has 94 valence electrons. The molecule has 2 heterocycles. The van der Waals surface area contributed by atoms with Gasteiger partial charge in [-0.1, -0.05) is 0 Å². The molecule has 1 fully saturated rings. The highest BCUT2D eigenvalue weighted by atomic mass is 32.2. The van der Waals surface area contributed by atoms with Gasteiger partial charge in [0.25, 0.3) is 0 Å². The number of hydrogen-bond acceptors (Lipinski definition) is 5. The van der Waals surface area contributed by atoms with Crippen LogP contribution in [0.25, 0.3) is 0 Å². The van der Waals surface area contributed by atoms with Crippen molar-refractivity contribution in [2.24, 2.45) is 0 Å². The lowest BCUT2D eigenvalue weighted by Crippen LogP contribution is -2.34. The molecule has 0 saturated carbocycles. The van der Waals surface area contributed by atoms with Crippen LogP contribution in [0.1, 0.15) is 6.42 Å². The van der Waals surface area contributed by atoms with E-state index in [1.165, 1.54) is 10.8 Å². The third-order valence-electron chi connectivity index (χ3n) is 2.80. The Bertz CT molecular complexity index is 538. The molecule has 1 saturated heterocycles. The maximum atomic E-state index is 11.3. The highest BCUT2D eigenvalue weighted by Gasteiger charge is 2.26. The van der Waals surface area contributed by atoms with E-state index in [4.69, 9.17) is 0 Å². The summed E-state index contributed by atoms with van der Waals surface area (Å²) in [6.07, 6.45) is 3.78. The summed E-state index contributed by atoms with van der Waals surface area (Å²) < 4.78 is 23.9. The van der Waals surface area contributed by atoms with Gasteiger partial charge in [0.05, 0.1) is 11.5 Å². The molecule has 1 aromatic heterocycles. The number of nitrogens with one attached hydrogen (secondary N) is 1. The number of aromatic nitrogens is 2. The lowest BCUT2D eigenvalue weighted by Gasteiger charge is -2.10. The standard InChI is InChI=1S/C10H15N3O3S/c14-10-12-3-1-5-13(10)6-4-11-9-2-7-17(15,16)8-9/h1,3,5,9,11H,2,4,6-8H2. The Kier molecular flexibility index (Phi) is 3.58. The highest BCUT2D eigenvalue weighted by molar-refractivity contribution is 7.91. The normalized spacial score (nSPS) is 22.7. The van der Waals surface area contributed by atoms with Crippen molar-refractivity contribution in [3.63, 3.8) is 0 Å². The van der Waals surface area contributed by atoms with Gasteiger partial charge in [-0.05, 0) is 12.5 Å². The van der Waals surface area contributed by atoms with Crippen molar-refractivity contribution in [1.82, 2.24) is 14.9 Å². The van der Waals surface area contributed by atoms with Gasteiger partial charge in [-0.3, -0.25) is 4.57 Å². The van der Waals surface area contributed by atoms with Crippen molar-refractivity contribution >= 4 is 9.84 Å². The topological polar surface area (TPSA) is 81.1 Å². The number of hydrogen-bond donors (Lipinski definition) is 1. The van der Waals surface area contributed by atoms with Crippen molar-refractivity contribution in [2.75, 3.05) is 18.1 Å². The average molecular weight is 257 g/mol. The molecule has 0 aromatic carbocycles. The van der Waals surface area contributed by atoms with E-state index in [1.54, 1.807) is 12.3 Å². The lowest BCUT2D eigenvalue weighted by molar-refractivity contribution is 0.510. The minimum Gasteiger partial charge on any atom is -0.311 e. The van der Waals surface area contributed by atoms with Gasteiger partial charge in [0, 0.05) is 31.5 Å². The van der Waals surface area contributed by atoms with Gasteiger partial charge in [-0.15, -0.1) is 0 Å². The van der Waals surface area contributed by atoms with Crippen LogP contribution in [-0.2, 0) is 16.4 Å². The zero-order valence-electron chi connectivity index (χ0n) is 9.37. The van der Waals surface area contributed by atoms with E-state index in [2.05, 4.69) is 10.3 Å². The monoisotopic (exact) mass is 257 g/mol. The molecule has 0 amide bonds. The summed E-state index contributed by atoms with van der Waals surface area (Å²) in [6, 6.07) is 1.72. The van der Waals surface area contributed by atoms with Crippen LogP contribution in [0.4, 0.5) is 0 Å². The van der Waals surface area contributed by atoms with Crippen LogP contribution < -0.4 is 11.0 Å². The Morgan fingerprint density at radius 1 is 1.53 bits per heavy atom. The molecule has 6 nitrogen and oxygen atoms in total. The van der Waals surface area contributed by atoms with E-state index in [1.807, 2.05) is 0 Å². The maximum Gasteiger partial charge on any atom is 0.347 e. The third kappa shape index (κ3) is 3.37. The van der Waals surface area contributed by atoms with Crippen LogP contribution in [-0.4, -0.2) is 42.1 Å². The van der Waals surface area contributed by atoms with Crippen LogP contribution in [0.2, 0.25) is 0 Å². The quantitative estimate of drug-likeness (QED) is 0.750. The third-order valence-corrected chi connectivity index (χ3v) is 4.57. The van der Waals surface area contributed by atoms with Gasteiger partial charge >= 0.3 is 5.69 Å². The number of nitrogens with zero attached hydrogens (tertiary/aromatic N) is 2. The molecule has 0 spiro atoms. The van der Waals surface area contributed by atoms with Gasteiger partial charge in [0.1, 0.15) is 0 Å². The molecule has 17 heavy (non-hydrogen) atoms. The second-order valence-corrected chi connectivity index (χ2v) is 6.38. The zero-order chi connectivity index (χ0) is 12.3. The van der Waals surface area contributed by atoms with E-state index in [9.17, 15) is 13.2 Å². The molecule has 1 N–H and O–H groups in total. The molecule has 0 bridgehead atoms. The van der Waals surface area contributed by atoms with Gasteiger partial charge < -0.3 is 5.32 Å². The fourth-order valence-corrected chi connectivity index (χ4v) is 3.61. The molecule has 7 heteroatoms. The first-order valence-electron chi connectivity index (χ1n) is 5.52. The fourth-order valence-electron chi connectivity index (χ4n) is 1.90. The molecule has 0 radical (unpaired) electrons. The fraction of sp³-hybridized carbons (Fsp3) is 0.600. The molecular weight excluding hydrogens is 242 g/mol. The molecule has 1 aliphatic rings. The summed E-state index contributed by atoms with van der Waals surface area (Å²) in [4.78, 5) is 14.9. The Morgan fingerprint density at radius 3 is 3.00 bits per heavy atom. The Hall–Kier alpha value is -1.21. The van der Waals surface area contributed by atoms with Crippen molar-refractivity contribution in [1.29, 1.82) is 0 Å². The Morgan fingerprint density at radius 2 is 2.35 bits per heavy atom. The van der Waals surface area contributed by atoms with Crippen LogP contribution in [0.3, 0.4) is 0 Å². The van der Waals surface area contributed by atoms with E-state index in [0.717, 1.165) is 0 Å². The summed E-state index contributed by atoms with van der Waals surface area (Å²) in [6.45, 7) is 1.08. The van der Waals surface area contributed by atoms with E-state index in [0.29, 0.717) is 19.5 Å².